The third-order valence-corrected chi connectivity index (χ3v) is 4.76. The van der Waals surface area contributed by atoms with Crippen LogP contribution in [0.2, 0.25) is 0 Å². The van der Waals surface area contributed by atoms with Crippen LogP contribution in [-0.2, 0) is 0 Å². The van der Waals surface area contributed by atoms with Crippen molar-refractivity contribution in [3.8, 4) is 17.6 Å². The molecule has 0 radical (unpaired) electrons. The molecule has 2 heterocycles. The van der Waals surface area contributed by atoms with Gasteiger partial charge in [-0.05, 0) is 48.6 Å². The Morgan fingerprint density at radius 1 is 1.30 bits per heavy atom. The molecule has 0 unspecified atom stereocenters. The Kier molecular flexibility index (Phi) is 4.49. The first kappa shape index (κ1) is 15.4. The van der Waals surface area contributed by atoms with E-state index in [2.05, 4.69) is 16.4 Å². The fraction of sp³-hybridized carbons (Fsp3) is 0.235. The molecule has 1 aromatic heterocycles. The molecular weight excluding hydrogens is 310 g/mol. The molecular formula is C17H15N3O2S. The van der Waals surface area contributed by atoms with Gasteiger partial charge in [0.2, 0.25) is 0 Å². The van der Waals surface area contributed by atoms with E-state index in [-0.39, 0.29) is 5.91 Å². The highest BCUT2D eigenvalue weighted by Gasteiger charge is 2.36. The molecule has 116 valence electrons. The van der Waals surface area contributed by atoms with Crippen LogP contribution in [0.4, 0.5) is 0 Å². The van der Waals surface area contributed by atoms with Gasteiger partial charge in [-0.2, -0.15) is 17.0 Å². The Bertz CT molecular complexity index is 720. The number of nitrogens with zero attached hydrogens (tertiary/aromatic N) is 2. The number of hydrogen-bond acceptors (Lipinski definition) is 5. The molecule has 1 saturated heterocycles. The zero-order valence-corrected chi connectivity index (χ0v) is 13.2. The molecule has 1 fully saturated rings. The summed E-state index contributed by atoms with van der Waals surface area (Å²) in [6.45, 7) is 0. The first-order valence-electron chi connectivity index (χ1n) is 7.20. The maximum atomic E-state index is 12.3. The lowest BCUT2D eigenvalue weighted by molar-refractivity contribution is 0.0926. The van der Waals surface area contributed by atoms with Crippen LogP contribution in [0.15, 0.2) is 48.8 Å². The normalized spacial score (nSPS) is 19.8. The van der Waals surface area contributed by atoms with E-state index < -0.39 is 5.54 Å². The maximum absolute atomic E-state index is 12.3. The molecule has 1 aliphatic heterocycles. The lowest BCUT2D eigenvalue weighted by Crippen LogP contribution is -2.47. The summed E-state index contributed by atoms with van der Waals surface area (Å²) < 4.78 is 5.64. The van der Waals surface area contributed by atoms with Gasteiger partial charge in [-0.25, -0.2) is 0 Å². The van der Waals surface area contributed by atoms with Gasteiger partial charge in [0.1, 0.15) is 17.0 Å². The van der Waals surface area contributed by atoms with Gasteiger partial charge < -0.3 is 10.1 Å². The number of carbonyl (C=O) groups is 1. The number of amides is 1. The largest absolute Gasteiger partial charge is 0.456 e. The standard InChI is InChI=1S/C17H15N3O2S/c18-11-17(7-9-23-12-17)20-16(21)13-3-5-14(6-4-13)22-15-2-1-8-19-10-15/h1-6,8,10H,7,9,12H2,(H,20,21)/t17-/m1/s1. The van der Waals surface area contributed by atoms with Crippen molar-refractivity contribution in [1.29, 1.82) is 5.26 Å². The van der Waals surface area contributed by atoms with Gasteiger partial charge in [-0.3, -0.25) is 9.78 Å². The smallest absolute Gasteiger partial charge is 0.252 e. The summed E-state index contributed by atoms with van der Waals surface area (Å²) in [5.74, 6) is 2.56. The molecule has 3 rings (SSSR count). The maximum Gasteiger partial charge on any atom is 0.252 e. The predicted molar refractivity (Wildman–Crippen MR) is 88.5 cm³/mol. The van der Waals surface area contributed by atoms with E-state index in [4.69, 9.17) is 4.74 Å². The number of nitrogens with one attached hydrogen (secondary N) is 1. The molecule has 1 N–H and O–H groups in total. The van der Waals surface area contributed by atoms with Crippen molar-refractivity contribution in [3.05, 3.63) is 54.4 Å². The highest BCUT2D eigenvalue weighted by atomic mass is 32.2. The minimum atomic E-state index is -0.743. The lowest BCUT2D eigenvalue weighted by Gasteiger charge is -2.21. The molecule has 5 nitrogen and oxygen atoms in total. The number of nitriles is 1. The van der Waals surface area contributed by atoms with E-state index in [1.165, 1.54) is 0 Å². The predicted octanol–water partition coefficient (Wildman–Crippen LogP) is 3.00. The average Bonchev–Trinajstić information content (AvgIpc) is 3.05. The number of aromatic nitrogens is 1. The van der Waals surface area contributed by atoms with Crippen LogP contribution in [0.25, 0.3) is 0 Å². The van der Waals surface area contributed by atoms with E-state index >= 15 is 0 Å². The van der Waals surface area contributed by atoms with Crippen LogP contribution in [0.3, 0.4) is 0 Å². The topological polar surface area (TPSA) is 75.0 Å². The summed E-state index contributed by atoms with van der Waals surface area (Å²) in [6.07, 6.45) is 3.98. The monoisotopic (exact) mass is 325 g/mol. The van der Waals surface area contributed by atoms with Gasteiger partial charge in [0.25, 0.3) is 5.91 Å². The van der Waals surface area contributed by atoms with E-state index in [9.17, 15) is 10.1 Å². The molecule has 0 bridgehead atoms. The molecule has 1 aliphatic rings. The van der Waals surface area contributed by atoms with Gasteiger partial charge >= 0.3 is 0 Å². The molecule has 0 aliphatic carbocycles. The van der Waals surface area contributed by atoms with Crippen molar-refractivity contribution in [2.24, 2.45) is 0 Å². The minimum absolute atomic E-state index is 0.234. The highest BCUT2D eigenvalue weighted by molar-refractivity contribution is 7.99. The number of rotatable bonds is 4. The Labute approximate surface area is 138 Å². The van der Waals surface area contributed by atoms with Crippen LogP contribution < -0.4 is 10.1 Å². The number of carbonyl (C=O) groups excluding carboxylic acids is 1. The quantitative estimate of drug-likeness (QED) is 0.935. The molecule has 1 atom stereocenters. The Hall–Kier alpha value is -2.52. The molecule has 2 aromatic rings. The van der Waals surface area contributed by atoms with Gasteiger partial charge in [-0.1, -0.05) is 0 Å². The SMILES string of the molecule is N#C[C@]1(NC(=O)c2ccc(Oc3cccnc3)cc2)CCSC1. The molecule has 0 spiro atoms. The van der Waals surface area contributed by atoms with E-state index in [1.54, 1.807) is 54.5 Å². The molecule has 23 heavy (non-hydrogen) atoms. The van der Waals surface area contributed by atoms with Crippen molar-refractivity contribution in [1.82, 2.24) is 10.3 Å². The number of ether oxygens (including phenoxy) is 1. The molecule has 1 aromatic carbocycles. The number of hydrogen-bond donors (Lipinski definition) is 1. The van der Waals surface area contributed by atoms with Gasteiger partial charge in [-0.15, -0.1) is 0 Å². The Morgan fingerprint density at radius 2 is 2.13 bits per heavy atom. The van der Waals surface area contributed by atoms with Crippen LogP contribution in [0.5, 0.6) is 11.5 Å². The second kappa shape index (κ2) is 6.71. The van der Waals surface area contributed by atoms with Crippen LogP contribution >= 0.6 is 11.8 Å². The zero-order valence-electron chi connectivity index (χ0n) is 12.4. The van der Waals surface area contributed by atoms with Crippen LogP contribution in [0, 0.1) is 11.3 Å². The summed E-state index contributed by atoms with van der Waals surface area (Å²) in [7, 11) is 0. The fourth-order valence-corrected chi connectivity index (χ4v) is 3.55. The first-order valence-corrected chi connectivity index (χ1v) is 8.36. The highest BCUT2D eigenvalue weighted by Crippen LogP contribution is 2.28. The number of thioether (sulfide) groups is 1. The van der Waals surface area contributed by atoms with Crippen molar-refractivity contribution in [2.75, 3.05) is 11.5 Å². The summed E-state index contributed by atoms with van der Waals surface area (Å²) in [4.78, 5) is 16.3. The number of pyridine rings is 1. The average molecular weight is 325 g/mol. The van der Waals surface area contributed by atoms with Crippen LogP contribution in [0.1, 0.15) is 16.8 Å². The van der Waals surface area contributed by atoms with E-state index in [0.29, 0.717) is 29.2 Å². The molecule has 0 saturated carbocycles. The van der Waals surface area contributed by atoms with Gasteiger partial charge in [0.15, 0.2) is 0 Å². The minimum Gasteiger partial charge on any atom is -0.456 e. The van der Waals surface area contributed by atoms with Gasteiger partial charge in [0, 0.05) is 17.5 Å². The van der Waals surface area contributed by atoms with E-state index in [1.807, 2.05) is 6.07 Å². The summed E-state index contributed by atoms with van der Waals surface area (Å²) >= 11 is 1.68. The second-order valence-corrected chi connectivity index (χ2v) is 6.37. The van der Waals surface area contributed by atoms with Crippen molar-refractivity contribution >= 4 is 17.7 Å². The van der Waals surface area contributed by atoms with Crippen molar-refractivity contribution in [3.63, 3.8) is 0 Å². The zero-order chi connectivity index (χ0) is 16.1. The van der Waals surface area contributed by atoms with E-state index in [0.717, 1.165) is 5.75 Å². The lowest BCUT2D eigenvalue weighted by atomic mass is 10.0. The molecule has 6 heteroatoms. The third kappa shape index (κ3) is 3.63. The summed E-state index contributed by atoms with van der Waals surface area (Å²) in [5, 5.41) is 12.2. The fourth-order valence-electron chi connectivity index (χ4n) is 2.29. The van der Waals surface area contributed by atoms with Gasteiger partial charge in [0.05, 0.1) is 12.3 Å². The first-order chi connectivity index (χ1) is 11.2. The molecule has 1 amide bonds. The number of benzene rings is 1. The second-order valence-electron chi connectivity index (χ2n) is 5.27. The Morgan fingerprint density at radius 3 is 2.74 bits per heavy atom. The summed E-state index contributed by atoms with van der Waals surface area (Å²) in [5.41, 5.74) is -0.234. The van der Waals surface area contributed by atoms with Crippen LogP contribution in [-0.4, -0.2) is 27.9 Å². The van der Waals surface area contributed by atoms with Crippen molar-refractivity contribution in [2.45, 2.75) is 12.0 Å². The Balaban J connectivity index is 1.67. The summed E-state index contributed by atoms with van der Waals surface area (Å²) in [6, 6.07) is 12.7. The third-order valence-electron chi connectivity index (χ3n) is 3.58. The van der Waals surface area contributed by atoms with Crippen molar-refractivity contribution < 1.29 is 9.53 Å².